The highest BCUT2D eigenvalue weighted by Gasteiger charge is 2.21. The molecule has 1 fully saturated rings. The number of hydrogen-bond acceptors (Lipinski definition) is 6. The molecule has 2 heterocycles. The number of aryl methyl sites for hydroxylation is 2. The van der Waals surface area contributed by atoms with Gasteiger partial charge in [-0.25, -0.2) is 4.98 Å². The van der Waals surface area contributed by atoms with Crippen LogP contribution in [-0.2, 0) is 29.0 Å². The molecule has 0 spiro atoms. The lowest BCUT2D eigenvalue weighted by Crippen LogP contribution is -2.44. The minimum absolute atomic E-state index is 0.00747. The third-order valence-electron chi connectivity index (χ3n) is 7.38. The Bertz CT molecular complexity index is 1230. The zero-order valence-electron chi connectivity index (χ0n) is 25.1. The van der Waals surface area contributed by atoms with Gasteiger partial charge >= 0.3 is 0 Å². The number of nitrogens with one attached hydrogen (secondary N) is 2. The van der Waals surface area contributed by atoms with E-state index in [4.69, 9.17) is 4.98 Å². The third kappa shape index (κ3) is 10.6. The number of rotatable bonds is 15. The quantitative estimate of drug-likeness (QED) is 0.173. The number of thioether (sulfide) groups is 1. The molecule has 0 radical (unpaired) electrons. The van der Waals surface area contributed by atoms with Crippen LogP contribution in [0, 0.1) is 0 Å². The molecule has 0 aliphatic carbocycles. The van der Waals surface area contributed by atoms with Gasteiger partial charge in [-0.3, -0.25) is 14.5 Å². The van der Waals surface area contributed by atoms with Crippen molar-refractivity contribution in [3.63, 3.8) is 0 Å². The molecule has 8 heteroatoms. The highest BCUT2D eigenvalue weighted by atomic mass is 32.2. The lowest BCUT2D eigenvalue weighted by Gasteiger charge is -2.32. The summed E-state index contributed by atoms with van der Waals surface area (Å²) in [6.45, 7) is 15.3. The van der Waals surface area contributed by atoms with Gasteiger partial charge in [0.25, 0.3) is 0 Å². The molecule has 1 aromatic heterocycles. The Morgan fingerprint density at radius 2 is 1.90 bits per heavy atom. The van der Waals surface area contributed by atoms with Crippen molar-refractivity contribution < 1.29 is 9.59 Å². The molecule has 6 nitrogen and oxygen atoms in total. The maximum Gasteiger partial charge on any atom is 0.230 e. The number of nitrogens with zero attached hydrogens (tertiary/aromatic N) is 2. The first kappa shape index (κ1) is 32.8. The van der Waals surface area contributed by atoms with Crippen molar-refractivity contribution >= 4 is 40.5 Å². The van der Waals surface area contributed by atoms with Crippen LogP contribution in [-0.4, -0.2) is 46.6 Å². The van der Waals surface area contributed by atoms with Gasteiger partial charge in [0.1, 0.15) is 0 Å². The number of thiazole rings is 1. The van der Waals surface area contributed by atoms with Gasteiger partial charge in [-0.05, 0) is 73.4 Å². The Balaban J connectivity index is 1.44. The summed E-state index contributed by atoms with van der Waals surface area (Å²) in [4.78, 5) is 32.1. The Hall–Kier alpha value is -2.68. The van der Waals surface area contributed by atoms with E-state index in [0.29, 0.717) is 17.9 Å². The molecule has 1 saturated heterocycles. The number of carbonyl (C=O) groups is 2. The Kier molecular flexibility index (Phi) is 13.9. The average Bonchev–Trinajstić information content (AvgIpc) is 3.46. The van der Waals surface area contributed by atoms with Gasteiger partial charge in [0.2, 0.25) is 11.8 Å². The van der Waals surface area contributed by atoms with Gasteiger partial charge < -0.3 is 10.6 Å². The smallest absolute Gasteiger partial charge is 0.230 e. The molecule has 3 rings (SSSR count). The molecule has 1 aliphatic rings. The fraction of sp³-hybridized carbons (Fsp3) is 0.485. The van der Waals surface area contributed by atoms with Crippen molar-refractivity contribution in [3.05, 3.63) is 76.5 Å². The van der Waals surface area contributed by atoms with Crippen LogP contribution in [0.25, 0.3) is 5.57 Å². The summed E-state index contributed by atoms with van der Waals surface area (Å²) < 4.78 is 0.852. The topological polar surface area (TPSA) is 74.3 Å². The number of likely N-dealkylation sites (tertiary alicyclic amines) is 1. The predicted molar refractivity (Wildman–Crippen MR) is 174 cm³/mol. The van der Waals surface area contributed by atoms with Gasteiger partial charge in [0.05, 0.1) is 11.4 Å². The summed E-state index contributed by atoms with van der Waals surface area (Å²) in [6, 6.07) is 7.15. The van der Waals surface area contributed by atoms with E-state index in [0.717, 1.165) is 73.8 Å². The Morgan fingerprint density at radius 3 is 2.56 bits per heavy atom. The van der Waals surface area contributed by atoms with E-state index in [9.17, 15) is 9.59 Å². The normalized spacial score (nSPS) is 15.1. The molecular weight excluding hydrogens is 549 g/mol. The molecule has 0 atom stereocenters. The highest BCUT2D eigenvalue weighted by Crippen LogP contribution is 2.27. The molecule has 222 valence electrons. The summed E-state index contributed by atoms with van der Waals surface area (Å²) in [5, 5.41) is 8.14. The highest BCUT2D eigenvalue weighted by molar-refractivity contribution is 8.01. The van der Waals surface area contributed by atoms with Crippen molar-refractivity contribution in [1.82, 2.24) is 20.5 Å². The van der Waals surface area contributed by atoms with Crippen LogP contribution in [0.1, 0.15) is 82.2 Å². The summed E-state index contributed by atoms with van der Waals surface area (Å²) in [6.07, 6.45) is 12.0. The summed E-state index contributed by atoms with van der Waals surface area (Å²) in [5.74, 6) is 0.401. The number of benzene rings is 1. The molecule has 1 aromatic carbocycles. The van der Waals surface area contributed by atoms with E-state index < -0.39 is 0 Å². The van der Waals surface area contributed by atoms with Crippen molar-refractivity contribution in [2.75, 3.05) is 18.8 Å². The number of unbranched alkanes of at least 4 members (excludes halogenated alkanes) is 1. The standard InChI is InChI=1S/C33H46N4O2S2/c1-6-11-12-31(38)34-28(10-5)20-27(9-4)30-22-40-33(36-30)41-23-32(39)35-29-15-17-37(18-16-29)21-24-13-14-25(7-2)26(8-3)19-24/h9-10,13-14,19-20,22,29H,5-8,11-12,15-18,21,23H2,1-4H3,(H,34,38)(H,35,39)/b27-9+,28-20+. The van der Waals surface area contributed by atoms with Gasteiger partial charge in [-0.1, -0.05) is 69.8 Å². The average molecular weight is 595 g/mol. The van der Waals surface area contributed by atoms with E-state index >= 15 is 0 Å². The molecule has 0 unspecified atom stereocenters. The first-order valence-corrected chi connectivity index (χ1v) is 16.8. The molecule has 0 bridgehead atoms. The van der Waals surface area contributed by atoms with Gasteiger partial charge in [0, 0.05) is 43.2 Å². The Labute approximate surface area is 254 Å². The second-order valence-corrected chi connectivity index (χ2v) is 12.5. The Morgan fingerprint density at radius 1 is 1.15 bits per heavy atom. The fourth-order valence-electron chi connectivity index (χ4n) is 4.98. The van der Waals surface area contributed by atoms with Crippen molar-refractivity contribution in [2.24, 2.45) is 0 Å². The lowest BCUT2D eigenvalue weighted by molar-refractivity contribution is -0.120. The number of amides is 2. The van der Waals surface area contributed by atoms with E-state index in [2.05, 4.69) is 61.1 Å². The molecule has 1 aliphatic heterocycles. The maximum absolute atomic E-state index is 12.7. The summed E-state index contributed by atoms with van der Waals surface area (Å²) in [7, 11) is 0. The first-order valence-electron chi connectivity index (χ1n) is 14.9. The minimum atomic E-state index is -0.00747. The van der Waals surface area contributed by atoms with Crippen LogP contribution < -0.4 is 10.6 Å². The zero-order chi connectivity index (χ0) is 29.6. The number of aromatic nitrogens is 1. The third-order valence-corrected chi connectivity index (χ3v) is 9.40. The zero-order valence-corrected chi connectivity index (χ0v) is 26.8. The molecule has 0 saturated carbocycles. The van der Waals surface area contributed by atoms with Crippen molar-refractivity contribution in [2.45, 2.75) is 89.6 Å². The van der Waals surface area contributed by atoms with Crippen molar-refractivity contribution in [3.8, 4) is 0 Å². The van der Waals surface area contributed by atoms with Crippen LogP contribution in [0.3, 0.4) is 0 Å². The van der Waals surface area contributed by atoms with Crippen molar-refractivity contribution in [1.29, 1.82) is 0 Å². The number of carbonyl (C=O) groups excluding carboxylic acids is 2. The van der Waals surface area contributed by atoms with E-state index in [-0.39, 0.29) is 17.9 Å². The maximum atomic E-state index is 12.7. The second kappa shape index (κ2) is 17.3. The first-order chi connectivity index (χ1) is 19.9. The number of piperidine rings is 1. The SMILES string of the molecule is C=C/C(=C\C(=C/C)c1csc(SCC(=O)NC2CCN(Cc3ccc(CC)c(CC)c3)CC2)n1)NC(=O)CCCC. The molecule has 2 aromatic rings. The molecular formula is C33H46N4O2S2. The summed E-state index contributed by atoms with van der Waals surface area (Å²) >= 11 is 2.99. The molecule has 2 amide bonds. The number of allylic oxidation sites excluding steroid dienone is 4. The van der Waals surface area contributed by atoms with Crippen LogP contribution in [0.15, 0.2) is 58.4 Å². The van der Waals surface area contributed by atoms with Crippen LogP contribution in [0.5, 0.6) is 0 Å². The monoisotopic (exact) mass is 594 g/mol. The molecule has 2 N–H and O–H groups in total. The largest absolute Gasteiger partial charge is 0.353 e. The fourth-order valence-corrected chi connectivity index (χ4v) is 6.62. The predicted octanol–water partition coefficient (Wildman–Crippen LogP) is 6.92. The minimum Gasteiger partial charge on any atom is -0.353 e. The van der Waals surface area contributed by atoms with E-state index in [1.165, 1.54) is 39.8 Å². The second-order valence-electron chi connectivity index (χ2n) is 10.4. The van der Waals surface area contributed by atoms with Crippen LogP contribution >= 0.6 is 23.1 Å². The van der Waals surface area contributed by atoms with E-state index in [1.807, 2.05) is 24.5 Å². The van der Waals surface area contributed by atoms with E-state index in [1.54, 1.807) is 6.08 Å². The van der Waals surface area contributed by atoms with Crippen LogP contribution in [0.2, 0.25) is 0 Å². The summed E-state index contributed by atoms with van der Waals surface area (Å²) in [5.41, 5.74) is 6.69. The van der Waals surface area contributed by atoms with Gasteiger partial charge in [0.15, 0.2) is 4.34 Å². The van der Waals surface area contributed by atoms with Gasteiger partial charge in [-0.2, -0.15) is 0 Å². The van der Waals surface area contributed by atoms with Crippen LogP contribution in [0.4, 0.5) is 0 Å². The lowest BCUT2D eigenvalue weighted by atomic mass is 9.99. The molecule has 41 heavy (non-hydrogen) atoms. The van der Waals surface area contributed by atoms with Gasteiger partial charge in [-0.15, -0.1) is 11.3 Å². The number of hydrogen-bond donors (Lipinski definition) is 2.